The second kappa shape index (κ2) is 4.32. The molecule has 2 atom stereocenters. The van der Waals surface area contributed by atoms with E-state index in [1.54, 1.807) is 0 Å². The third-order valence-electron chi connectivity index (χ3n) is 4.54. The summed E-state index contributed by atoms with van der Waals surface area (Å²) in [6.45, 7) is 6.94. The van der Waals surface area contributed by atoms with Gasteiger partial charge in [-0.2, -0.15) is 0 Å². The molecular formula is C13H24OSi. The van der Waals surface area contributed by atoms with E-state index in [1.165, 1.54) is 43.2 Å². The van der Waals surface area contributed by atoms with Crippen LogP contribution in [0.25, 0.3) is 0 Å². The Bertz CT molecular complexity index is 247. The Morgan fingerprint density at radius 2 is 1.87 bits per heavy atom. The molecule has 0 spiro atoms. The first kappa shape index (κ1) is 11.2. The number of allylic oxidation sites excluding steroid dienone is 2. The van der Waals surface area contributed by atoms with Crippen molar-refractivity contribution >= 4 is 8.32 Å². The van der Waals surface area contributed by atoms with E-state index in [4.69, 9.17) is 4.43 Å². The normalized spacial score (nSPS) is 29.4. The average molecular weight is 224 g/mol. The van der Waals surface area contributed by atoms with Crippen LogP contribution in [0.2, 0.25) is 18.1 Å². The standard InChI is InChI=1S/C13H24OSi/c1-4-15(5-2,6-3)14-13-10-11-7-8-12(13)9-11/h10-12H,4-9H2,1-3H3. The van der Waals surface area contributed by atoms with E-state index < -0.39 is 8.32 Å². The lowest BCUT2D eigenvalue weighted by atomic mass is 10.1. The van der Waals surface area contributed by atoms with Crippen LogP contribution in [0.15, 0.2) is 11.8 Å². The Balaban J connectivity index is 2.04. The molecule has 0 amide bonds. The second-order valence-corrected chi connectivity index (χ2v) is 9.88. The number of hydrogen-bond donors (Lipinski definition) is 0. The molecule has 0 aromatic rings. The van der Waals surface area contributed by atoms with Gasteiger partial charge in [0.2, 0.25) is 8.32 Å². The van der Waals surface area contributed by atoms with E-state index >= 15 is 0 Å². The molecular weight excluding hydrogens is 200 g/mol. The van der Waals surface area contributed by atoms with Crippen molar-refractivity contribution in [2.24, 2.45) is 11.8 Å². The Morgan fingerprint density at radius 3 is 2.27 bits per heavy atom. The summed E-state index contributed by atoms with van der Waals surface area (Å²) < 4.78 is 6.48. The molecule has 15 heavy (non-hydrogen) atoms. The van der Waals surface area contributed by atoms with E-state index in [9.17, 15) is 0 Å². The first-order valence-electron chi connectivity index (χ1n) is 6.63. The van der Waals surface area contributed by atoms with Crippen LogP contribution in [-0.2, 0) is 4.43 Å². The van der Waals surface area contributed by atoms with Gasteiger partial charge in [-0.15, -0.1) is 0 Å². The summed E-state index contributed by atoms with van der Waals surface area (Å²) in [5, 5.41) is 0. The summed E-state index contributed by atoms with van der Waals surface area (Å²) in [7, 11) is -1.39. The summed E-state index contributed by atoms with van der Waals surface area (Å²) in [4.78, 5) is 0. The van der Waals surface area contributed by atoms with Crippen molar-refractivity contribution in [3.63, 3.8) is 0 Å². The van der Waals surface area contributed by atoms with Crippen LogP contribution < -0.4 is 0 Å². The highest BCUT2D eigenvalue weighted by molar-refractivity contribution is 6.73. The van der Waals surface area contributed by atoms with Gasteiger partial charge in [-0.25, -0.2) is 0 Å². The molecule has 0 saturated heterocycles. The molecule has 0 aromatic heterocycles. The van der Waals surface area contributed by atoms with E-state index in [0.717, 1.165) is 11.8 Å². The Kier molecular flexibility index (Phi) is 3.24. The monoisotopic (exact) mass is 224 g/mol. The molecule has 1 nitrogen and oxygen atoms in total. The SMILES string of the molecule is CC[Si](CC)(CC)OC1=CC2CCC1C2. The molecule has 0 aromatic carbocycles. The van der Waals surface area contributed by atoms with Crippen molar-refractivity contribution in [3.05, 3.63) is 11.8 Å². The molecule has 0 radical (unpaired) electrons. The van der Waals surface area contributed by atoms with Gasteiger partial charge in [0.25, 0.3) is 0 Å². The molecule has 1 saturated carbocycles. The zero-order valence-electron chi connectivity index (χ0n) is 10.4. The van der Waals surface area contributed by atoms with Crippen LogP contribution in [0, 0.1) is 11.8 Å². The fraction of sp³-hybridized carbons (Fsp3) is 0.846. The van der Waals surface area contributed by atoms with Crippen LogP contribution >= 0.6 is 0 Å². The minimum Gasteiger partial charge on any atom is -0.547 e. The van der Waals surface area contributed by atoms with Crippen molar-refractivity contribution in [2.75, 3.05) is 0 Å². The maximum absolute atomic E-state index is 6.48. The molecule has 2 aliphatic rings. The predicted octanol–water partition coefficient (Wildman–Crippen LogP) is 4.32. The molecule has 2 heteroatoms. The molecule has 2 unspecified atom stereocenters. The smallest absolute Gasteiger partial charge is 0.250 e. The summed E-state index contributed by atoms with van der Waals surface area (Å²) in [5.41, 5.74) is 0. The molecule has 0 aliphatic heterocycles. The van der Waals surface area contributed by atoms with Crippen LogP contribution in [0.4, 0.5) is 0 Å². The predicted molar refractivity (Wildman–Crippen MR) is 67.2 cm³/mol. The Morgan fingerprint density at radius 1 is 1.20 bits per heavy atom. The van der Waals surface area contributed by atoms with E-state index in [-0.39, 0.29) is 0 Å². The van der Waals surface area contributed by atoms with Crippen molar-refractivity contribution in [3.8, 4) is 0 Å². The van der Waals surface area contributed by atoms with Gasteiger partial charge >= 0.3 is 0 Å². The van der Waals surface area contributed by atoms with Crippen LogP contribution in [0.1, 0.15) is 40.0 Å². The minimum atomic E-state index is -1.39. The number of hydrogen-bond acceptors (Lipinski definition) is 1. The van der Waals surface area contributed by atoms with Gasteiger partial charge < -0.3 is 4.43 Å². The number of fused-ring (bicyclic) bond motifs is 2. The first-order chi connectivity index (χ1) is 7.23. The quantitative estimate of drug-likeness (QED) is 0.632. The van der Waals surface area contributed by atoms with Crippen LogP contribution in [0.5, 0.6) is 0 Å². The van der Waals surface area contributed by atoms with E-state index in [1.807, 2.05) is 0 Å². The van der Waals surface area contributed by atoms with Gasteiger partial charge in [0.05, 0.1) is 5.76 Å². The van der Waals surface area contributed by atoms with Gasteiger partial charge in [0.15, 0.2) is 0 Å². The summed E-state index contributed by atoms with van der Waals surface area (Å²) >= 11 is 0. The fourth-order valence-corrected chi connectivity index (χ4v) is 5.80. The second-order valence-electron chi connectivity index (χ2n) is 5.18. The molecule has 86 valence electrons. The van der Waals surface area contributed by atoms with Crippen molar-refractivity contribution < 1.29 is 4.43 Å². The van der Waals surface area contributed by atoms with Crippen LogP contribution in [0.3, 0.4) is 0 Å². The number of rotatable bonds is 5. The topological polar surface area (TPSA) is 9.23 Å². The maximum atomic E-state index is 6.48. The molecule has 2 bridgehead atoms. The highest BCUT2D eigenvalue weighted by atomic mass is 28.4. The minimum absolute atomic E-state index is 0.798. The van der Waals surface area contributed by atoms with Crippen molar-refractivity contribution in [1.82, 2.24) is 0 Å². The van der Waals surface area contributed by atoms with Gasteiger partial charge in [0.1, 0.15) is 0 Å². The van der Waals surface area contributed by atoms with Gasteiger partial charge in [-0.3, -0.25) is 0 Å². The van der Waals surface area contributed by atoms with Gasteiger partial charge in [0, 0.05) is 5.92 Å². The van der Waals surface area contributed by atoms with E-state index in [2.05, 4.69) is 26.8 Å². The summed E-state index contributed by atoms with van der Waals surface area (Å²) in [5.74, 6) is 3.05. The molecule has 0 heterocycles. The molecule has 2 aliphatic carbocycles. The van der Waals surface area contributed by atoms with Gasteiger partial charge in [-0.1, -0.05) is 20.8 Å². The average Bonchev–Trinajstić information content (AvgIpc) is 2.88. The Hall–Kier alpha value is -0.243. The summed E-state index contributed by atoms with van der Waals surface area (Å²) in [6.07, 6.45) is 6.63. The zero-order chi connectivity index (χ0) is 10.9. The third kappa shape index (κ3) is 2.01. The Labute approximate surface area is 95.0 Å². The lowest BCUT2D eigenvalue weighted by Crippen LogP contribution is -2.36. The maximum Gasteiger partial charge on any atom is 0.250 e. The van der Waals surface area contributed by atoms with Gasteiger partial charge in [-0.05, 0) is 49.4 Å². The highest BCUT2D eigenvalue weighted by Crippen LogP contribution is 2.45. The van der Waals surface area contributed by atoms with E-state index in [0.29, 0.717) is 0 Å². The van der Waals surface area contributed by atoms with Crippen LogP contribution in [-0.4, -0.2) is 8.32 Å². The largest absolute Gasteiger partial charge is 0.547 e. The highest BCUT2D eigenvalue weighted by Gasteiger charge is 2.39. The molecule has 0 N–H and O–H groups in total. The van der Waals surface area contributed by atoms with Crippen molar-refractivity contribution in [1.29, 1.82) is 0 Å². The molecule has 2 rings (SSSR count). The lowest BCUT2D eigenvalue weighted by molar-refractivity contribution is 0.339. The van der Waals surface area contributed by atoms with Crippen molar-refractivity contribution in [2.45, 2.75) is 58.2 Å². The summed E-state index contributed by atoms with van der Waals surface area (Å²) in [6, 6.07) is 3.82. The first-order valence-corrected chi connectivity index (χ1v) is 9.16. The third-order valence-corrected chi connectivity index (χ3v) is 9.08. The lowest BCUT2D eigenvalue weighted by Gasteiger charge is -2.32. The zero-order valence-corrected chi connectivity index (χ0v) is 11.4. The fourth-order valence-electron chi connectivity index (χ4n) is 3.13. The molecule has 1 fully saturated rings.